The summed E-state index contributed by atoms with van der Waals surface area (Å²) in [5.74, 6) is -1.41. The van der Waals surface area contributed by atoms with Gasteiger partial charge in [0.1, 0.15) is 5.75 Å². The molecule has 1 rings (SSSR count). The highest BCUT2D eigenvalue weighted by Crippen LogP contribution is 2.11. The van der Waals surface area contributed by atoms with Gasteiger partial charge in [-0.2, -0.15) is 0 Å². The Labute approximate surface area is 98.3 Å². The van der Waals surface area contributed by atoms with Crippen LogP contribution in [-0.2, 0) is 14.3 Å². The van der Waals surface area contributed by atoms with Gasteiger partial charge in [0.05, 0.1) is 0 Å². The van der Waals surface area contributed by atoms with Gasteiger partial charge in [0.15, 0.2) is 0 Å². The summed E-state index contributed by atoms with van der Waals surface area (Å²) in [6, 6.07) is 8.84. The smallest absolute Gasteiger partial charge is 0.334 e. The molecular formula is C12H12O5. The molecule has 0 spiro atoms. The predicted octanol–water partition coefficient (Wildman–Crippen LogP) is 1.60. The van der Waals surface area contributed by atoms with E-state index in [0.29, 0.717) is 11.8 Å². The van der Waals surface area contributed by atoms with Crippen LogP contribution in [0.5, 0.6) is 5.75 Å². The van der Waals surface area contributed by atoms with Crippen LogP contribution in [0.1, 0.15) is 6.92 Å². The molecule has 0 amide bonds. The van der Waals surface area contributed by atoms with E-state index >= 15 is 0 Å². The standard InChI is InChI=1S/C12H12O5/c1-9(16-10-5-3-2-4-6-10)17-12(15)8-7-11(13)14/h2-9H,1H3,(H,13,14)/b8-7-. The van der Waals surface area contributed by atoms with Crippen molar-refractivity contribution in [1.82, 2.24) is 0 Å². The van der Waals surface area contributed by atoms with Crippen molar-refractivity contribution in [2.75, 3.05) is 0 Å². The molecule has 1 aromatic rings. The minimum Gasteiger partial charge on any atom is -0.478 e. The lowest BCUT2D eigenvalue weighted by Gasteiger charge is -2.13. The lowest BCUT2D eigenvalue weighted by Crippen LogP contribution is -2.19. The number of hydrogen-bond donors (Lipinski definition) is 1. The van der Waals surface area contributed by atoms with E-state index in [1.165, 1.54) is 0 Å². The van der Waals surface area contributed by atoms with Gasteiger partial charge in [-0.1, -0.05) is 18.2 Å². The fourth-order valence-corrected chi connectivity index (χ4v) is 1.06. The van der Waals surface area contributed by atoms with Crippen molar-refractivity contribution in [2.24, 2.45) is 0 Å². The monoisotopic (exact) mass is 236 g/mol. The number of carbonyl (C=O) groups excluding carboxylic acids is 1. The number of esters is 1. The van der Waals surface area contributed by atoms with Crippen LogP contribution in [0.4, 0.5) is 0 Å². The Morgan fingerprint density at radius 2 is 1.88 bits per heavy atom. The molecule has 5 heteroatoms. The molecule has 0 saturated heterocycles. The lowest BCUT2D eigenvalue weighted by molar-refractivity contribution is -0.155. The van der Waals surface area contributed by atoms with Crippen molar-refractivity contribution in [2.45, 2.75) is 13.2 Å². The molecule has 1 unspecified atom stereocenters. The highest BCUT2D eigenvalue weighted by molar-refractivity contribution is 5.90. The van der Waals surface area contributed by atoms with E-state index in [9.17, 15) is 9.59 Å². The molecule has 1 atom stereocenters. The van der Waals surface area contributed by atoms with E-state index in [1.807, 2.05) is 6.07 Å². The summed E-state index contributed by atoms with van der Waals surface area (Å²) in [6.07, 6.45) is 0.744. The molecule has 0 radical (unpaired) electrons. The van der Waals surface area contributed by atoms with E-state index in [0.717, 1.165) is 6.08 Å². The predicted molar refractivity (Wildman–Crippen MR) is 59.4 cm³/mol. The minimum absolute atomic E-state index is 0.565. The number of para-hydroxylation sites is 1. The Balaban J connectivity index is 2.42. The van der Waals surface area contributed by atoms with E-state index in [4.69, 9.17) is 14.6 Å². The van der Waals surface area contributed by atoms with Crippen molar-refractivity contribution in [3.8, 4) is 5.75 Å². The lowest BCUT2D eigenvalue weighted by atomic mass is 10.3. The van der Waals surface area contributed by atoms with Gasteiger partial charge in [-0.15, -0.1) is 0 Å². The summed E-state index contributed by atoms with van der Waals surface area (Å²) in [5.41, 5.74) is 0. The first-order valence-electron chi connectivity index (χ1n) is 4.91. The zero-order chi connectivity index (χ0) is 12.7. The van der Waals surface area contributed by atoms with Gasteiger partial charge < -0.3 is 14.6 Å². The largest absolute Gasteiger partial charge is 0.478 e. The van der Waals surface area contributed by atoms with E-state index in [2.05, 4.69) is 0 Å². The summed E-state index contributed by atoms with van der Waals surface area (Å²) in [6.45, 7) is 1.54. The van der Waals surface area contributed by atoms with Crippen molar-refractivity contribution in [3.05, 3.63) is 42.5 Å². The number of benzene rings is 1. The molecule has 90 valence electrons. The SMILES string of the molecule is CC(OC(=O)/C=C\C(=O)O)Oc1ccccc1. The molecule has 1 aromatic carbocycles. The van der Waals surface area contributed by atoms with Crippen molar-refractivity contribution in [3.63, 3.8) is 0 Å². The molecule has 0 fully saturated rings. The van der Waals surface area contributed by atoms with Crippen LogP contribution in [0.3, 0.4) is 0 Å². The first-order valence-corrected chi connectivity index (χ1v) is 4.91. The van der Waals surface area contributed by atoms with Crippen LogP contribution in [0.2, 0.25) is 0 Å². The number of carboxylic acid groups (broad SMARTS) is 1. The zero-order valence-electron chi connectivity index (χ0n) is 9.20. The maximum Gasteiger partial charge on any atom is 0.334 e. The third-order valence-electron chi connectivity index (χ3n) is 1.69. The topological polar surface area (TPSA) is 72.8 Å². The Bertz CT molecular complexity index is 410. The highest BCUT2D eigenvalue weighted by Gasteiger charge is 2.08. The van der Waals surface area contributed by atoms with Gasteiger partial charge in [0.25, 0.3) is 0 Å². The number of aliphatic carboxylic acids is 1. The van der Waals surface area contributed by atoms with Crippen molar-refractivity contribution < 1.29 is 24.2 Å². The molecule has 0 aliphatic carbocycles. The molecule has 0 bridgehead atoms. The number of rotatable bonds is 5. The van der Waals surface area contributed by atoms with Gasteiger partial charge in [-0.05, 0) is 12.1 Å². The Morgan fingerprint density at radius 1 is 1.24 bits per heavy atom. The Kier molecular flexibility index (Phi) is 4.75. The molecule has 0 heterocycles. The molecule has 0 saturated carbocycles. The molecule has 17 heavy (non-hydrogen) atoms. The summed E-state index contributed by atoms with van der Waals surface area (Å²) >= 11 is 0. The number of hydrogen-bond acceptors (Lipinski definition) is 4. The van der Waals surface area contributed by atoms with Gasteiger partial charge in [-0.3, -0.25) is 0 Å². The summed E-state index contributed by atoms with van der Waals surface area (Å²) < 4.78 is 10.1. The van der Waals surface area contributed by atoms with Crippen molar-refractivity contribution in [1.29, 1.82) is 0 Å². The Hall–Kier alpha value is -2.30. The van der Waals surface area contributed by atoms with E-state index in [-0.39, 0.29) is 0 Å². The summed E-state index contributed by atoms with van der Waals surface area (Å²) in [7, 11) is 0. The molecule has 0 aromatic heterocycles. The van der Waals surface area contributed by atoms with Gasteiger partial charge in [0, 0.05) is 19.1 Å². The van der Waals surface area contributed by atoms with Crippen LogP contribution in [-0.4, -0.2) is 23.3 Å². The third-order valence-corrected chi connectivity index (χ3v) is 1.69. The zero-order valence-corrected chi connectivity index (χ0v) is 9.20. The second kappa shape index (κ2) is 6.32. The fourth-order valence-electron chi connectivity index (χ4n) is 1.06. The molecule has 5 nitrogen and oxygen atoms in total. The maximum atomic E-state index is 11.1. The van der Waals surface area contributed by atoms with Crippen LogP contribution in [0, 0.1) is 0 Å². The number of carboxylic acids is 1. The molecule has 0 aliphatic rings. The second-order valence-electron chi connectivity index (χ2n) is 3.11. The quantitative estimate of drug-likeness (QED) is 0.477. The van der Waals surface area contributed by atoms with Crippen LogP contribution in [0.15, 0.2) is 42.5 Å². The van der Waals surface area contributed by atoms with Crippen LogP contribution >= 0.6 is 0 Å². The van der Waals surface area contributed by atoms with Gasteiger partial charge >= 0.3 is 11.9 Å². The Morgan fingerprint density at radius 3 is 2.47 bits per heavy atom. The van der Waals surface area contributed by atoms with E-state index < -0.39 is 18.2 Å². The first kappa shape index (κ1) is 12.8. The van der Waals surface area contributed by atoms with Gasteiger partial charge in [0.2, 0.25) is 6.29 Å². The summed E-state index contributed by atoms with van der Waals surface area (Å²) in [5, 5.41) is 8.31. The van der Waals surface area contributed by atoms with Crippen LogP contribution in [0.25, 0.3) is 0 Å². The van der Waals surface area contributed by atoms with Crippen molar-refractivity contribution >= 4 is 11.9 Å². The number of ether oxygens (including phenoxy) is 2. The van der Waals surface area contributed by atoms with Gasteiger partial charge in [-0.25, -0.2) is 9.59 Å². The highest BCUT2D eigenvalue weighted by atomic mass is 16.7. The minimum atomic E-state index is -1.21. The third kappa shape index (κ3) is 5.36. The average Bonchev–Trinajstić information content (AvgIpc) is 2.27. The summed E-state index contributed by atoms with van der Waals surface area (Å²) in [4.78, 5) is 21.3. The first-order chi connectivity index (χ1) is 8.08. The van der Waals surface area contributed by atoms with E-state index in [1.54, 1.807) is 31.2 Å². The molecular weight excluding hydrogens is 224 g/mol. The normalized spacial score (nSPS) is 12.1. The fraction of sp³-hybridized carbons (Fsp3) is 0.167. The maximum absolute atomic E-state index is 11.1. The average molecular weight is 236 g/mol. The van der Waals surface area contributed by atoms with Crippen LogP contribution < -0.4 is 4.74 Å². The molecule has 0 aliphatic heterocycles. The second-order valence-corrected chi connectivity index (χ2v) is 3.11. The number of carbonyl (C=O) groups is 2. The molecule has 1 N–H and O–H groups in total.